The molecule has 0 aromatic heterocycles. The van der Waals surface area contributed by atoms with Crippen LogP contribution in [0.4, 0.5) is 10.5 Å². The first-order chi connectivity index (χ1) is 17.9. The molecule has 2 unspecified atom stereocenters. The molecular formula is C29H40N2O7. The Labute approximate surface area is 224 Å². The number of alkyl carbamates (subject to hydrolysis) is 1. The molecule has 9 nitrogen and oxygen atoms in total. The molecule has 9 heteroatoms. The summed E-state index contributed by atoms with van der Waals surface area (Å²) >= 11 is 0. The van der Waals surface area contributed by atoms with Crippen molar-refractivity contribution >= 4 is 29.4 Å². The van der Waals surface area contributed by atoms with Crippen molar-refractivity contribution in [2.45, 2.75) is 90.8 Å². The van der Waals surface area contributed by atoms with Gasteiger partial charge in [-0.05, 0) is 57.2 Å². The molecule has 0 saturated heterocycles. The number of carbonyl (C=O) groups is 4. The number of aliphatic hydroxyl groups excluding tert-OH is 1. The predicted octanol–water partition coefficient (Wildman–Crippen LogP) is 5.00. The third kappa shape index (κ3) is 8.60. The summed E-state index contributed by atoms with van der Waals surface area (Å²) < 4.78 is 10.5. The summed E-state index contributed by atoms with van der Waals surface area (Å²) in [4.78, 5) is 49.3. The Balaban J connectivity index is 1.48. The van der Waals surface area contributed by atoms with Crippen molar-refractivity contribution < 1.29 is 33.8 Å². The molecule has 2 amide bonds. The second kappa shape index (κ2) is 12.9. The lowest BCUT2D eigenvalue weighted by molar-refractivity contribution is -0.142. The molecular weight excluding hydrogens is 488 g/mol. The number of amides is 2. The van der Waals surface area contributed by atoms with Gasteiger partial charge in [-0.1, -0.05) is 51.2 Å². The number of rotatable bonds is 10. The number of cyclic esters (lactones) is 1. The van der Waals surface area contributed by atoms with Gasteiger partial charge >= 0.3 is 12.1 Å². The Morgan fingerprint density at radius 3 is 2.39 bits per heavy atom. The molecule has 3 N–H and O–H groups in total. The van der Waals surface area contributed by atoms with Gasteiger partial charge in [-0.3, -0.25) is 9.59 Å². The zero-order chi connectivity index (χ0) is 27.9. The average molecular weight is 529 g/mol. The normalized spacial score (nSPS) is 19.1. The number of Topliss-reactive ketones (excluding diaryl/α,β-unsaturated/α-hetero) is 1. The maximum atomic E-state index is 13.0. The van der Waals surface area contributed by atoms with Gasteiger partial charge in [0.25, 0.3) is 0 Å². The van der Waals surface area contributed by atoms with Gasteiger partial charge in [0, 0.05) is 24.6 Å². The Bertz CT molecular complexity index is 1050. The Morgan fingerprint density at radius 2 is 1.76 bits per heavy atom. The van der Waals surface area contributed by atoms with Crippen molar-refractivity contribution in [3.63, 3.8) is 0 Å². The maximum absolute atomic E-state index is 13.0. The minimum atomic E-state index is -0.737. The van der Waals surface area contributed by atoms with Crippen LogP contribution < -0.4 is 10.6 Å². The summed E-state index contributed by atoms with van der Waals surface area (Å²) in [5, 5.41) is 15.9. The molecule has 38 heavy (non-hydrogen) atoms. The van der Waals surface area contributed by atoms with Crippen molar-refractivity contribution in [1.29, 1.82) is 0 Å². The van der Waals surface area contributed by atoms with E-state index in [0.29, 0.717) is 24.4 Å². The van der Waals surface area contributed by atoms with Gasteiger partial charge in [0.1, 0.15) is 11.2 Å². The van der Waals surface area contributed by atoms with Crippen LogP contribution >= 0.6 is 0 Å². The van der Waals surface area contributed by atoms with Gasteiger partial charge in [-0.15, -0.1) is 0 Å². The Hall–Kier alpha value is -3.36. The number of ketones is 1. The third-order valence-electron chi connectivity index (χ3n) is 6.78. The maximum Gasteiger partial charge on any atom is 0.407 e. The molecule has 0 bridgehead atoms. The first kappa shape index (κ1) is 29.2. The fourth-order valence-electron chi connectivity index (χ4n) is 4.85. The summed E-state index contributed by atoms with van der Waals surface area (Å²) in [6, 6.07) is 7.05. The molecule has 1 aliphatic carbocycles. The Morgan fingerprint density at radius 1 is 1.11 bits per heavy atom. The van der Waals surface area contributed by atoms with E-state index in [9.17, 15) is 24.3 Å². The quantitative estimate of drug-likeness (QED) is 0.288. The average Bonchev–Trinajstić information content (AvgIpc) is 3.11. The standard InChI is InChI=1S/C29H40N2O7/c1-18(25(33)24-26(34)22(37-27(24)35)17-19-8-6-5-7-9-19)16-20-10-12-21(13-11-20)31-23(32)14-15-30-28(36)38-29(2,3)4/h10-13,18-19,22,34H,5-9,14-17H2,1-4H3,(H,30,36)(H,31,32). The lowest BCUT2D eigenvalue weighted by Crippen LogP contribution is -2.34. The highest BCUT2D eigenvalue weighted by atomic mass is 16.6. The number of ether oxygens (including phenoxy) is 2. The number of esters is 1. The molecule has 0 radical (unpaired) electrons. The van der Waals surface area contributed by atoms with E-state index in [1.807, 2.05) is 0 Å². The number of hydrogen-bond donors (Lipinski definition) is 3. The molecule has 3 rings (SSSR count). The van der Waals surface area contributed by atoms with E-state index in [4.69, 9.17) is 9.47 Å². The topological polar surface area (TPSA) is 131 Å². The van der Waals surface area contributed by atoms with E-state index in [1.54, 1.807) is 52.0 Å². The van der Waals surface area contributed by atoms with Crippen LogP contribution in [0.5, 0.6) is 0 Å². The first-order valence-electron chi connectivity index (χ1n) is 13.5. The number of nitrogens with one attached hydrogen (secondary N) is 2. The van der Waals surface area contributed by atoms with E-state index in [1.165, 1.54) is 6.42 Å². The highest BCUT2D eigenvalue weighted by molar-refractivity contribution is 6.19. The van der Waals surface area contributed by atoms with Crippen molar-refractivity contribution in [2.75, 3.05) is 11.9 Å². The summed E-state index contributed by atoms with van der Waals surface area (Å²) in [7, 11) is 0. The largest absolute Gasteiger partial charge is 0.507 e. The van der Waals surface area contributed by atoms with Gasteiger partial charge in [-0.2, -0.15) is 0 Å². The van der Waals surface area contributed by atoms with E-state index in [-0.39, 0.29) is 30.2 Å². The van der Waals surface area contributed by atoms with Crippen LogP contribution in [-0.2, 0) is 30.3 Å². The number of carbonyl (C=O) groups excluding carboxylic acids is 4. The highest BCUT2D eigenvalue weighted by Gasteiger charge is 2.40. The highest BCUT2D eigenvalue weighted by Crippen LogP contribution is 2.34. The smallest absolute Gasteiger partial charge is 0.407 e. The van der Waals surface area contributed by atoms with Gasteiger partial charge in [0.05, 0.1) is 0 Å². The van der Waals surface area contributed by atoms with Gasteiger partial charge in [0.2, 0.25) is 5.91 Å². The van der Waals surface area contributed by atoms with Crippen LogP contribution in [-0.4, -0.2) is 47.1 Å². The van der Waals surface area contributed by atoms with Crippen molar-refractivity contribution in [2.24, 2.45) is 11.8 Å². The summed E-state index contributed by atoms with van der Waals surface area (Å²) in [5.74, 6) is -1.78. The first-order valence-corrected chi connectivity index (χ1v) is 13.5. The van der Waals surface area contributed by atoms with E-state index in [2.05, 4.69) is 10.6 Å². The molecule has 1 saturated carbocycles. The monoisotopic (exact) mass is 528 g/mol. The van der Waals surface area contributed by atoms with Crippen LogP contribution in [0.1, 0.15) is 78.2 Å². The third-order valence-corrected chi connectivity index (χ3v) is 6.78. The van der Waals surface area contributed by atoms with Gasteiger partial charge < -0.3 is 25.2 Å². The van der Waals surface area contributed by atoms with E-state index >= 15 is 0 Å². The number of hydrogen-bond acceptors (Lipinski definition) is 7. The molecule has 1 aliphatic heterocycles. The van der Waals surface area contributed by atoms with E-state index in [0.717, 1.165) is 31.2 Å². The molecule has 1 aromatic carbocycles. The SMILES string of the molecule is CC(Cc1ccc(NC(=O)CCNC(=O)OC(C)(C)C)cc1)C(=O)C1=C(O)C(CC2CCCCC2)OC1=O. The van der Waals surface area contributed by atoms with Crippen LogP contribution in [0.3, 0.4) is 0 Å². The summed E-state index contributed by atoms with van der Waals surface area (Å²) in [6.45, 7) is 7.15. The number of benzene rings is 1. The second-order valence-electron chi connectivity index (χ2n) is 11.3. The van der Waals surface area contributed by atoms with Crippen molar-refractivity contribution in [1.82, 2.24) is 5.32 Å². The Kier molecular flexibility index (Phi) is 9.94. The summed E-state index contributed by atoms with van der Waals surface area (Å²) in [5.41, 5.74) is 0.605. The van der Waals surface area contributed by atoms with Gasteiger partial charge in [0.15, 0.2) is 17.6 Å². The van der Waals surface area contributed by atoms with E-state index < -0.39 is 35.5 Å². The van der Waals surface area contributed by atoms with Crippen molar-refractivity contribution in [3.8, 4) is 0 Å². The minimum absolute atomic E-state index is 0.0863. The number of anilines is 1. The van der Waals surface area contributed by atoms with Crippen LogP contribution in [0.2, 0.25) is 0 Å². The zero-order valence-corrected chi connectivity index (χ0v) is 22.8. The lowest BCUT2D eigenvalue weighted by atomic mass is 9.84. The van der Waals surface area contributed by atoms with Crippen LogP contribution in [0, 0.1) is 11.8 Å². The van der Waals surface area contributed by atoms with Crippen LogP contribution in [0.25, 0.3) is 0 Å². The van der Waals surface area contributed by atoms with Crippen LogP contribution in [0.15, 0.2) is 35.6 Å². The second-order valence-corrected chi connectivity index (χ2v) is 11.3. The van der Waals surface area contributed by atoms with Gasteiger partial charge in [-0.25, -0.2) is 9.59 Å². The molecule has 0 spiro atoms. The predicted molar refractivity (Wildman–Crippen MR) is 143 cm³/mol. The fourth-order valence-corrected chi connectivity index (χ4v) is 4.85. The number of aliphatic hydroxyl groups is 1. The molecule has 2 atom stereocenters. The molecule has 1 heterocycles. The summed E-state index contributed by atoms with van der Waals surface area (Å²) in [6.07, 6.45) is 5.33. The lowest BCUT2D eigenvalue weighted by Gasteiger charge is -2.23. The molecule has 1 fully saturated rings. The molecule has 208 valence electrons. The molecule has 1 aromatic rings. The van der Waals surface area contributed by atoms with Crippen molar-refractivity contribution in [3.05, 3.63) is 41.2 Å². The zero-order valence-electron chi connectivity index (χ0n) is 22.8. The molecule has 2 aliphatic rings. The minimum Gasteiger partial charge on any atom is -0.507 e. The fraction of sp³-hybridized carbons (Fsp3) is 0.586.